The molecule has 0 spiro atoms. The molecule has 1 aliphatic heterocycles. The summed E-state index contributed by atoms with van der Waals surface area (Å²) < 4.78 is 1.67. The lowest BCUT2D eigenvalue weighted by molar-refractivity contribution is -0.143. The summed E-state index contributed by atoms with van der Waals surface area (Å²) in [7, 11) is 1.80. The van der Waals surface area contributed by atoms with E-state index >= 15 is 0 Å². The monoisotopic (exact) mass is 280 g/mol. The van der Waals surface area contributed by atoms with Gasteiger partial charge in [-0.1, -0.05) is 6.92 Å². The Hall–Kier alpha value is -2.05. The van der Waals surface area contributed by atoms with Gasteiger partial charge >= 0.3 is 12.0 Å². The molecular weight excluding hydrogens is 260 g/mol. The predicted molar refractivity (Wildman–Crippen MR) is 72.0 cm³/mol. The highest BCUT2D eigenvalue weighted by Crippen LogP contribution is 2.22. The van der Waals surface area contributed by atoms with Crippen LogP contribution in [0, 0.1) is 5.92 Å². The van der Waals surface area contributed by atoms with E-state index in [1.807, 2.05) is 13.0 Å². The second-order valence-electron chi connectivity index (χ2n) is 5.28. The first kappa shape index (κ1) is 14.4. The quantitative estimate of drug-likeness (QED) is 0.858. The third-order valence-corrected chi connectivity index (χ3v) is 3.75. The van der Waals surface area contributed by atoms with Gasteiger partial charge in [-0.15, -0.1) is 0 Å². The molecule has 110 valence electrons. The number of carboxylic acids is 1. The van der Waals surface area contributed by atoms with Crippen molar-refractivity contribution in [2.45, 2.75) is 32.4 Å². The summed E-state index contributed by atoms with van der Waals surface area (Å²) >= 11 is 0. The molecule has 0 bridgehead atoms. The summed E-state index contributed by atoms with van der Waals surface area (Å²) in [5.74, 6) is -0.607. The van der Waals surface area contributed by atoms with Crippen LogP contribution >= 0.6 is 0 Å². The van der Waals surface area contributed by atoms with Crippen LogP contribution in [0.5, 0.6) is 0 Å². The number of hydrogen-bond acceptors (Lipinski definition) is 3. The Morgan fingerprint density at radius 1 is 1.55 bits per heavy atom. The van der Waals surface area contributed by atoms with Crippen LogP contribution in [0.25, 0.3) is 0 Å². The topological polar surface area (TPSA) is 87.5 Å². The number of carbonyl (C=O) groups excluding carboxylic acids is 1. The van der Waals surface area contributed by atoms with Gasteiger partial charge in [0.1, 0.15) is 6.04 Å². The molecule has 1 aromatic rings. The number of rotatable bonds is 3. The number of urea groups is 1. The molecule has 0 saturated carbocycles. The van der Waals surface area contributed by atoms with Gasteiger partial charge in [-0.05, 0) is 24.8 Å². The molecule has 0 radical (unpaired) electrons. The van der Waals surface area contributed by atoms with Gasteiger partial charge in [-0.3, -0.25) is 4.68 Å². The minimum Gasteiger partial charge on any atom is -0.480 e. The smallest absolute Gasteiger partial charge is 0.326 e. The van der Waals surface area contributed by atoms with E-state index in [1.165, 1.54) is 4.90 Å². The first-order valence-electron chi connectivity index (χ1n) is 6.73. The second kappa shape index (κ2) is 5.94. The average Bonchev–Trinajstić information content (AvgIpc) is 2.81. The molecular formula is C13H20N4O3. The van der Waals surface area contributed by atoms with Gasteiger partial charge in [0.25, 0.3) is 0 Å². The number of piperidine rings is 1. The van der Waals surface area contributed by atoms with E-state index in [4.69, 9.17) is 0 Å². The lowest BCUT2D eigenvalue weighted by atomic mass is 9.93. The highest BCUT2D eigenvalue weighted by molar-refractivity contribution is 5.82. The SMILES string of the molecule is CC1CCN(C(=O)NCc2ccnn2C)C(C(=O)O)C1. The van der Waals surface area contributed by atoms with Crippen LogP contribution in [-0.4, -0.2) is 44.4 Å². The van der Waals surface area contributed by atoms with Crippen molar-refractivity contribution in [3.05, 3.63) is 18.0 Å². The van der Waals surface area contributed by atoms with Crippen LogP contribution in [-0.2, 0) is 18.4 Å². The second-order valence-corrected chi connectivity index (χ2v) is 5.28. The van der Waals surface area contributed by atoms with Crippen LogP contribution in [0.4, 0.5) is 4.79 Å². The molecule has 1 aromatic heterocycles. The lowest BCUT2D eigenvalue weighted by Gasteiger charge is -2.35. The fourth-order valence-electron chi connectivity index (χ4n) is 2.46. The molecule has 1 aliphatic rings. The largest absolute Gasteiger partial charge is 0.480 e. The molecule has 2 amide bonds. The highest BCUT2D eigenvalue weighted by atomic mass is 16.4. The van der Waals surface area contributed by atoms with E-state index in [9.17, 15) is 14.7 Å². The fourth-order valence-corrected chi connectivity index (χ4v) is 2.46. The molecule has 2 atom stereocenters. The van der Waals surface area contributed by atoms with Gasteiger partial charge in [-0.2, -0.15) is 5.10 Å². The van der Waals surface area contributed by atoms with Crippen molar-refractivity contribution in [1.29, 1.82) is 0 Å². The van der Waals surface area contributed by atoms with Crippen molar-refractivity contribution in [2.75, 3.05) is 6.54 Å². The van der Waals surface area contributed by atoms with E-state index in [0.29, 0.717) is 25.4 Å². The van der Waals surface area contributed by atoms with E-state index in [-0.39, 0.29) is 6.03 Å². The zero-order chi connectivity index (χ0) is 14.7. The lowest BCUT2D eigenvalue weighted by Crippen LogP contribution is -2.53. The summed E-state index contributed by atoms with van der Waals surface area (Å²) in [4.78, 5) is 24.8. The molecule has 2 heterocycles. The molecule has 0 aliphatic carbocycles. The van der Waals surface area contributed by atoms with Crippen LogP contribution in [0.15, 0.2) is 12.3 Å². The first-order chi connectivity index (χ1) is 9.49. The Morgan fingerprint density at radius 2 is 2.30 bits per heavy atom. The van der Waals surface area contributed by atoms with Gasteiger partial charge < -0.3 is 15.3 Å². The van der Waals surface area contributed by atoms with Crippen LogP contribution in [0.2, 0.25) is 0 Å². The predicted octanol–water partition coefficient (Wildman–Crippen LogP) is 0.815. The number of carbonyl (C=O) groups is 2. The maximum Gasteiger partial charge on any atom is 0.326 e. The van der Waals surface area contributed by atoms with Crippen molar-refractivity contribution in [1.82, 2.24) is 20.0 Å². The Balaban J connectivity index is 1.96. The fraction of sp³-hybridized carbons (Fsp3) is 0.615. The van der Waals surface area contributed by atoms with Crippen molar-refractivity contribution in [2.24, 2.45) is 13.0 Å². The Kier molecular flexibility index (Phi) is 4.26. The number of likely N-dealkylation sites (tertiary alicyclic amines) is 1. The average molecular weight is 280 g/mol. The number of amides is 2. The van der Waals surface area contributed by atoms with Gasteiger partial charge in [0.2, 0.25) is 0 Å². The zero-order valence-corrected chi connectivity index (χ0v) is 11.7. The van der Waals surface area contributed by atoms with Crippen LogP contribution in [0.3, 0.4) is 0 Å². The van der Waals surface area contributed by atoms with Gasteiger partial charge in [-0.25, -0.2) is 9.59 Å². The molecule has 2 N–H and O–H groups in total. The van der Waals surface area contributed by atoms with E-state index < -0.39 is 12.0 Å². The minimum absolute atomic E-state index is 0.328. The molecule has 2 unspecified atom stereocenters. The third-order valence-electron chi connectivity index (χ3n) is 3.75. The van der Waals surface area contributed by atoms with Crippen molar-refractivity contribution >= 4 is 12.0 Å². The molecule has 1 fully saturated rings. The molecule has 7 heteroatoms. The summed E-state index contributed by atoms with van der Waals surface area (Å²) in [5, 5.41) is 16.0. The number of aromatic nitrogens is 2. The highest BCUT2D eigenvalue weighted by Gasteiger charge is 2.34. The molecule has 0 aromatic carbocycles. The summed E-state index contributed by atoms with van der Waals surface area (Å²) in [6.45, 7) is 2.84. The van der Waals surface area contributed by atoms with Crippen LogP contribution < -0.4 is 5.32 Å². The van der Waals surface area contributed by atoms with Crippen LogP contribution in [0.1, 0.15) is 25.5 Å². The van der Waals surface area contributed by atoms with Crippen molar-refractivity contribution in [3.63, 3.8) is 0 Å². The maximum atomic E-state index is 12.1. The Morgan fingerprint density at radius 3 is 2.90 bits per heavy atom. The van der Waals surface area contributed by atoms with Gasteiger partial charge in [0, 0.05) is 19.8 Å². The van der Waals surface area contributed by atoms with Gasteiger partial charge in [0.15, 0.2) is 0 Å². The summed E-state index contributed by atoms with van der Waals surface area (Å²) in [6, 6.07) is 0.753. The molecule has 7 nitrogen and oxygen atoms in total. The Bertz CT molecular complexity index is 500. The molecule has 20 heavy (non-hydrogen) atoms. The summed E-state index contributed by atoms with van der Waals surface area (Å²) in [5.41, 5.74) is 0.871. The van der Waals surface area contributed by atoms with Crippen molar-refractivity contribution in [3.8, 4) is 0 Å². The third kappa shape index (κ3) is 3.09. The Labute approximate surface area is 117 Å². The number of nitrogens with one attached hydrogen (secondary N) is 1. The minimum atomic E-state index is -0.938. The van der Waals surface area contributed by atoms with Gasteiger partial charge in [0.05, 0.1) is 12.2 Å². The number of nitrogens with zero attached hydrogens (tertiary/aromatic N) is 3. The number of aliphatic carboxylic acids is 1. The maximum absolute atomic E-state index is 12.1. The molecule has 1 saturated heterocycles. The van der Waals surface area contributed by atoms with E-state index in [1.54, 1.807) is 17.9 Å². The standard InChI is InChI=1S/C13H20N4O3/c1-9-4-6-17(11(7-9)12(18)19)13(20)14-8-10-3-5-15-16(10)2/h3,5,9,11H,4,6-8H2,1-2H3,(H,14,20)(H,18,19). The summed E-state index contributed by atoms with van der Waals surface area (Å²) in [6.07, 6.45) is 3.00. The zero-order valence-electron chi connectivity index (χ0n) is 11.7. The number of aryl methyl sites for hydroxylation is 1. The number of carboxylic acid groups (broad SMARTS) is 1. The normalized spacial score (nSPS) is 22.6. The van der Waals surface area contributed by atoms with E-state index in [0.717, 1.165) is 12.1 Å². The number of hydrogen-bond donors (Lipinski definition) is 2. The molecule has 2 rings (SSSR count). The van der Waals surface area contributed by atoms with Crippen molar-refractivity contribution < 1.29 is 14.7 Å². The first-order valence-corrected chi connectivity index (χ1v) is 6.73. The van der Waals surface area contributed by atoms with E-state index in [2.05, 4.69) is 10.4 Å².